The van der Waals surface area contributed by atoms with E-state index in [4.69, 9.17) is 4.42 Å². The predicted molar refractivity (Wildman–Crippen MR) is 239 cm³/mol. The van der Waals surface area contributed by atoms with Gasteiger partial charge in [-0.25, -0.2) is 0 Å². The quantitative estimate of drug-likeness (QED) is 0.179. The molecule has 0 aliphatic heterocycles. The first-order valence-corrected chi connectivity index (χ1v) is 20.0. The van der Waals surface area contributed by atoms with Crippen molar-refractivity contribution >= 4 is 60.8 Å². The van der Waals surface area contributed by atoms with Gasteiger partial charge in [-0.2, -0.15) is 0 Å². The summed E-state index contributed by atoms with van der Waals surface area (Å²) in [5, 5.41) is 4.64. The third-order valence-electron chi connectivity index (χ3n) is 12.8. The molecule has 0 saturated carbocycles. The number of hydrogen-bond acceptors (Lipinski definition) is 2. The second kappa shape index (κ2) is 11.7. The number of rotatable bonds is 4. The molecule has 2 aliphatic rings. The van der Waals surface area contributed by atoms with Gasteiger partial charge in [0.2, 0.25) is 0 Å². The van der Waals surface area contributed by atoms with E-state index in [2.05, 4.69) is 210 Å². The molecule has 11 aromatic rings. The number of fused-ring (bicyclic) bond motifs is 16. The van der Waals surface area contributed by atoms with Crippen LogP contribution < -0.4 is 4.90 Å². The first-order chi connectivity index (χ1) is 28.8. The molecule has 2 aliphatic carbocycles. The highest BCUT2D eigenvalue weighted by Crippen LogP contribution is 2.63. The minimum absolute atomic E-state index is 0.459. The van der Waals surface area contributed by atoms with Crippen LogP contribution in [0, 0.1) is 0 Å². The first kappa shape index (κ1) is 31.6. The predicted octanol–water partition coefficient (Wildman–Crippen LogP) is 14.5. The van der Waals surface area contributed by atoms with Gasteiger partial charge in [0.15, 0.2) is 0 Å². The maximum atomic E-state index is 6.57. The zero-order valence-electron chi connectivity index (χ0n) is 31.4. The second-order valence-corrected chi connectivity index (χ2v) is 15.6. The van der Waals surface area contributed by atoms with Crippen LogP contribution >= 0.6 is 0 Å². The van der Waals surface area contributed by atoms with Crippen molar-refractivity contribution in [3.8, 4) is 27.9 Å². The Bertz CT molecular complexity index is 3420. The fraction of sp³-hybridized carbons (Fsp3) is 0.0182. The van der Waals surface area contributed by atoms with Crippen molar-refractivity contribution in [2.24, 2.45) is 0 Å². The van der Waals surface area contributed by atoms with Crippen molar-refractivity contribution in [1.29, 1.82) is 0 Å². The van der Waals surface area contributed by atoms with E-state index in [9.17, 15) is 0 Å². The highest BCUT2D eigenvalue weighted by Gasteiger charge is 2.51. The van der Waals surface area contributed by atoms with Crippen LogP contribution in [-0.4, -0.2) is 4.57 Å². The van der Waals surface area contributed by atoms with E-state index in [1.54, 1.807) is 0 Å². The van der Waals surface area contributed by atoms with Gasteiger partial charge in [0.1, 0.15) is 11.2 Å². The highest BCUT2D eigenvalue weighted by molar-refractivity contribution is 6.17. The zero-order valence-corrected chi connectivity index (χ0v) is 31.4. The number of benzene rings is 9. The summed E-state index contributed by atoms with van der Waals surface area (Å²) in [6.45, 7) is 0. The van der Waals surface area contributed by atoms with Crippen molar-refractivity contribution < 1.29 is 4.42 Å². The molecule has 9 aromatic carbocycles. The van der Waals surface area contributed by atoms with Crippen LogP contribution in [0.5, 0.6) is 0 Å². The number of aromatic nitrogens is 1. The lowest BCUT2D eigenvalue weighted by molar-refractivity contribution is 0.669. The SMILES string of the molecule is c1ccc(-n2c3ccccc3c3c(N(c4ccc5c(c4)C4(c6ccccc6-c6ccccc64)c4ccccc4-5)c4ccc5c(c4)oc4ccccc45)cccc32)cc1. The van der Waals surface area contributed by atoms with Crippen molar-refractivity contribution in [3.63, 3.8) is 0 Å². The molecule has 1 spiro atoms. The third-order valence-corrected chi connectivity index (χ3v) is 12.8. The smallest absolute Gasteiger partial charge is 0.137 e. The molecule has 0 fully saturated rings. The van der Waals surface area contributed by atoms with Crippen molar-refractivity contribution in [3.05, 3.63) is 229 Å². The van der Waals surface area contributed by atoms with Gasteiger partial charge in [-0.15, -0.1) is 0 Å². The fourth-order valence-corrected chi connectivity index (χ4v) is 10.5. The molecular weight excluding hydrogens is 705 g/mol. The van der Waals surface area contributed by atoms with E-state index in [0.717, 1.165) is 50.2 Å². The molecule has 13 rings (SSSR count). The molecule has 2 heterocycles. The van der Waals surface area contributed by atoms with Crippen LogP contribution in [0.25, 0.3) is 71.7 Å². The normalized spacial score (nSPS) is 13.3. The van der Waals surface area contributed by atoms with Crippen LogP contribution in [0.1, 0.15) is 22.3 Å². The summed E-state index contributed by atoms with van der Waals surface area (Å²) >= 11 is 0. The molecule has 3 nitrogen and oxygen atoms in total. The second-order valence-electron chi connectivity index (χ2n) is 15.6. The Hall–Kier alpha value is -7.62. The highest BCUT2D eigenvalue weighted by atomic mass is 16.3. The molecule has 0 atom stereocenters. The van der Waals surface area contributed by atoms with Crippen LogP contribution in [0.4, 0.5) is 17.1 Å². The Balaban J connectivity index is 1.13. The Morgan fingerprint density at radius 2 is 0.931 bits per heavy atom. The van der Waals surface area contributed by atoms with E-state index in [-0.39, 0.29) is 0 Å². The molecule has 3 heteroatoms. The number of para-hydroxylation sites is 3. The molecule has 0 amide bonds. The van der Waals surface area contributed by atoms with E-state index >= 15 is 0 Å². The number of furan rings is 1. The third kappa shape index (κ3) is 4.07. The zero-order chi connectivity index (χ0) is 38.0. The molecule has 0 saturated heterocycles. The molecule has 0 N–H and O–H groups in total. The van der Waals surface area contributed by atoms with Crippen LogP contribution in [0.3, 0.4) is 0 Å². The van der Waals surface area contributed by atoms with Crippen molar-refractivity contribution in [2.45, 2.75) is 5.41 Å². The summed E-state index contributed by atoms with van der Waals surface area (Å²) < 4.78 is 8.97. The average molecular weight is 739 g/mol. The molecule has 58 heavy (non-hydrogen) atoms. The van der Waals surface area contributed by atoms with Crippen molar-refractivity contribution in [1.82, 2.24) is 4.57 Å². The maximum absolute atomic E-state index is 6.57. The van der Waals surface area contributed by atoms with E-state index in [0.29, 0.717) is 0 Å². The Morgan fingerprint density at radius 3 is 1.67 bits per heavy atom. The summed E-state index contributed by atoms with van der Waals surface area (Å²) in [7, 11) is 0. The van der Waals surface area contributed by atoms with Gasteiger partial charge in [-0.1, -0.05) is 140 Å². The number of anilines is 3. The summed E-state index contributed by atoms with van der Waals surface area (Å²) in [4.78, 5) is 2.46. The maximum Gasteiger partial charge on any atom is 0.137 e. The van der Waals surface area contributed by atoms with Gasteiger partial charge in [-0.05, 0) is 105 Å². The summed E-state index contributed by atoms with van der Waals surface area (Å²) in [5.74, 6) is 0. The topological polar surface area (TPSA) is 21.3 Å². The van der Waals surface area contributed by atoms with Gasteiger partial charge >= 0.3 is 0 Å². The average Bonchev–Trinajstić information content (AvgIpc) is 4.00. The van der Waals surface area contributed by atoms with E-state index in [1.165, 1.54) is 60.8 Å². The first-order valence-electron chi connectivity index (χ1n) is 20.0. The minimum atomic E-state index is -0.459. The lowest BCUT2D eigenvalue weighted by atomic mass is 9.70. The lowest BCUT2D eigenvalue weighted by Crippen LogP contribution is -2.26. The molecule has 0 unspecified atom stereocenters. The molecule has 270 valence electrons. The molecular formula is C55H34N2O. The monoisotopic (exact) mass is 738 g/mol. The fourth-order valence-electron chi connectivity index (χ4n) is 10.5. The van der Waals surface area contributed by atoms with Gasteiger partial charge in [-0.3, -0.25) is 0 Å². The molecule has 0 radical (unpaired) electrons. The Labute approximate surface area is 335 Å². The van der Waals surface area contributed by atoms with Crippen LogP contribution in [-0.2, 0) is 5.41 Å². The van der Waals surface area contributed by atoms with E-state index < -0.39 is 5.41 Å². The van der Waals surface area contributed by atoms with Gasteiger partial charge in [0.05, 0.1) is 22.1 Å². The van der Waals surface area contributed by atoms with E-state index in [1.807, 2.05) is 6.07 Å². The van der Waals surface area contributed by atoms with Crippen LogP contribution in [0.2, 0.25) is 0 Å². The number of nitrogens with zero attached hydrogens (tertiary/aromatic N) is 2. The minimum Gasteiger partial charge on any atom is -0.456 e. The van der Waals surface area contributed by atoms with Gasteiger partial charge < -0.3 is 13.9 Å². The van der Waals surface area contributed by atoms with Gasteiger partial charge in [0.25, 0.3) is 0 Å². The van der Waals surface area contributed by atoms with Crippen LogP contribution in [0.15, 0.2) is 211 Å². The summed E-state index contributed by atoms with van der Waals surface area (Å²) in [5.41, 5.74) is 18.5. The summed E-state index contributed by atoms with van der Waals surface area (Å²) in [6, 6.07) is 75.5. The molecule has 0 bridgehead atoms. The number of hydrogen-bond donors (Lipinski definition) is 0. The summed E-state index contributed by atoms with van der Waals surface area (Å²) in [6.07, 6.45) is 0. The standard InChI is InChI=1S/C55H34N2O/c1-2-15-35(16-3-1)57-49-25-12-7-21-44(49)54-50(26-14-27-51(54)57)56(37-30-32-43-42-20-8-13-28-52(42)58-53(43)34-37)36-29-31-41-40-19-6-11-24-47(40)55(48(41)33-36)45-22-9-4-17-38(45)39-18-5-10-23-46(39)55/h1-34H. The molecule has 2 aromatic heterocycles. The Kier molecular flexibility index (Phi) is 6.37. The van der Waals surface area contributed by atoms with Crippen molar-refractivity contribution in [2.75, 3.05) is 4.90 Å². The van der Waals surface area contributed by atoms with Gasteiger partial charge in [0, 0.05) is 44.7 Å². The Morgan fingerprint density at radius 1 is 0.379 bits per heavy atom. The largest absolute Gasteiger partial charge is 0.456 e. The lowest BCUT2D eigenvalue weighted by Gasteiger charge is -2.32.